The Morgan fingerprint density at radius 1 is 1.30 bits per heavy atom. The minimum absolute atomic E-state index is 0.0534. The number of carbonyl (C=O) groups excluding carboxylic acids is 1. The summed E-state index contributed by atoms with van der Waals surface area (Å²) in [4.78, 5) is 38.6. The number of carboxylic acid groups (broad SMARTS) is 1. The molecule has 2 aliphatic heterocycles. The molecule has 0 unspecified atom stereocenters. The van der Waals surface area contributed by atoms with E-state index in [1.165, 1.54) is 19.4 Å². The minimum Gasteiger partial charge on any atom is -0.492 e. The standard InChI is InChI=1S/C23H27FN4O5/c1-33-22-19-14(7-16(24)20(22)27-9-12-3-2-6-25-17(12)11-27)21(31)15(10-28(19)13-4-5-13)23(32)26-8-18(29)30/h7,10,12-13,17,25H,2-6,8-9,11H2,1H3,(H,26,32)(H,29,30)/t12-,17+/m0/s1. The second kappa shape index (κ2) is 8.33. The number of carbonyl (C=O) groups is 2. The van der Waals surface area contributed by atoms with E-state index in [-0.39, 0.29) is 17.0 Å². The highest BCUT2D eigenvalue weighted by molar-refractivity contribution is 6.00. The van der Waals surface area contributed by atoms with E-state index in [1.807, 2.05) is 9.47 Å². The van der Waals surface area contributed by atoms with Gasteiger partial charge in [0, 0.05) is 31.4 Å². The molecule has 1 aromatic heterocycles. The fraction of sp³-hybridized carbons (Fsp3) is 0.522. The molecule has 2 atom stereocenters. The van der Waals surface area contributed by atoms with Crippen molar-refractivity contribution in [1.82, 2.24) is 15.2 Å². The van der Waals surface area contributed by atoms with E-state index in [9.17, 15) is 14.4 Å². The van der Waals surface area contributed by atoms with Gasteiger partial charge in [-0.3, -0.25) is 14.4 Å². The predicted molar refractivity (Wildman–Crippen MR) is 120 cm³/mol. The van der Waals surface area contributed by atoms with E-state index in [0.717, 1.165) is 32.2 Å². The maximum Gasteiger partial charge on any atom is 0.322 e. The average Bonchev–Trinajstić information content (AvgIpc) is 3.55. The maximum atomic E-state index is 15.5. The molecule has 0 bridgehead atoms. The summed E-state index contributed by atoms with van der Waals surface area (Å²) in [6.07, 6.45) is 5.37. The van der Waals surface area contributed by atoms with Crippen LogP contribution in [0.4, 0.5) is 10.1 Å². The number of aliphatic carboxylic acids is 1. The van der Waals surface area contributed by atoms with Gasteiger partial charge in [0.25, 0.3) is 5.91 Å². The number of ether oxygens (including phenoxy) is 1. The maximum absolute atomic E-state index is 15.5. The minimum atomic E-state index is -1.22. The van der Waals surface area contributed by atoms with Crippen LogP contribution in [-0.2, 0) is 4.79 Å². The number of hydrogen-bond donors (Lipinski definition) is 3. The third-order valence-electron chi connectivity index (χ3n) is 6.90. The fourth-order valence-electron chi connectivity index (χ4n) is 5.21. The molecule has 2 aromatic rings. The predicted octanol–water partition coefficient (Wildman–Crippen LogP) is 1.49. The number of piperidine rings is 1. The number of nitrogens with one attached hydrogen (secondary N) is 2. The van der Waals surface area contributed by atoms with Crippen LogP contribution in [0.1, 0.15) is 42.1 Å². The van der Waals surface area contributed by atoms with Crippen LogP contribution >= 0.6 is 0 Å². The van der Waals surface area contributed by atoms with Crippen molar-refractivity contribution in [1.29, 1.82) is 0 Å². The summed E-state index contributed by atoms with van der Waals surface area (Å²) >= 11 is 0. The van der Waals surface area contributed by atoms with Gasteiger partial charge in [-0.2, -0.15) is 0 Å². The lowest BCUT2D eigenvalue weighted by atomic mass is 9.94. The molecule has 1 aliphatic carbocycles. The molecule has 10 heteroatoms. The van der Waals surface area contributed by atoms with Crippen molar-refractivity contribution in [2.45, 2.75) is 37.8 Å². The summed E-state index contributed by atoms with van der Waals surface area (Å²) in [5.41, 5.74) is -0.0383. The molecule has 1 saturated carbocycles. The summed E-state index contributed by atoms with van der Waals surface area (Å²) in [5.74, 6) is -1.85. The highest BCUT2D eigenvalue weighted by atomic mass is 19.1. The summed E-state index contributed by atoms with van der Waals surface area (Å²) in [6, 6.07) is 1.55. The SMILES string of the molecule is COc1c(N2C[C@@H]3CCCN[C@@H]3C2)c(F)cc2c(=O)c(C(=O)NCC(=O)O)cn(C3CC3)c12. The number of pyridine rings is 1. The second-order valence-corrected chi connectivity index (χ2v) is 9.09. The Balaban J connectivity index is 1.65. The molecule has 2 saturated heterocycles. The van der Waals surface area contributed by atoms with E-state index < -0.39 is 29.7 Å². The summed E-state index contributed by atoms with van der Waals surface area (Å²) in [6.45, 7) is 1.72. The van der Waals surface area contributed by atoms with E-state index >= 15 is 4.39 Å². The number of hydrogen-bond acceptors (Lipinski definition) is 6. The van der Waals surface area contributed by atoms with Gasteiger partial charge in [-0.1, -0.05) is 0 Å². The van der Waals surface area contributed by atoms with Crippen LogP contribution in [0.15, 0.2) is 17.1 Å². The Hall–Kier alpha value is -3.14. The van der Waals surface area contributed by atoms with Crippen LogP contribution in [0.2, 0.25) is 0 Å². The Kier molecular flexibility index (Phi) is 5.48. The Labute approximate surface area is 189 Å². The summed E-state index contributed by atoms with van der Waals surface area (Å²) in [5, 5.41) is 14.6. The van der Waals surface area contributed by atoms with Crippen molar-refractivity contribution in [3.05, 3.63) is 33.9 Å². The van der Waals surface area contributed by atoms with Crippen molar-refractivity contribution in [3.8, 4) is 5.75 Å². The number of aromatic nitrogens is 1. The molecule has 9 nitrogen and oxygen atoms in total. The first-order valence-corrected chi connectivity index (χ1v) is 11.3. The van der Waals surface area contributed by atoms with Gasteiger partial charge in [-0.15, -0.1) is 0 Å². The normalized spacial score (nSPS) is 22.3. The lowest BCUT2D eigenvalue weighted by Gasteiger charge is -2.25. The van der Waals surface area contributed by atoms with Gasteiger partial charge in [-0.05, 0) is 44.2 Å². The number of fused-ring (bicyclic) bond motifs is 2. The smallest absolute Gasteiger partial charge is 0.322 e. The molecule has 33 heavy (non-hydrogen) atoms. The van der Waals surface area contributed by atoms with Crippen LogP contribution in [0.5, 0.6) is 5.75 Å². The number of methoxy groups -OCH3 is 1. The molecule has 0 spiro atoms. The third-order valence-corrected chi connectivity index (χ3v) is 6.90. The molecule has 1 aromatic carbocycles. The van der Waals surface area contributed by atoms with Crippen LogP contribution in [-0.4, -0.2) is 60.9 Å². The first-order valence-electron chi connectivity index (χ1n) is 11.3. The molecule has 3 N–H and O–H groups in total. The van der Waals surface area contributed by atoms with E-state index in [1.54, 1.807) is 0 Å². The number of rotatable bonds is 6. The van der Waals surface area contributed by atoms with Crippen molar-refractivity contribution in [2.75, 3.05) is 38.2 Å². The zero-order valence-electron chi connectivity index (χ0n) is 18.4. The molecule has 5 rings (SSSR count). The largest absolute Gasteiger partial charge is 0.492 e. The second-order valence-electron chi connectivity index (χ2n) is 9.09. The first-order chi connectivity index (χ1) is 15.9. The number of halogens is 1. The quantitative estimate of drug-likeness (QED) is 0.601. The van der Waals surface area contributed by atoms with Crippen molar-refractivity contribution in [2.24, 2.45) is 5.92 Å². The lowest BCUT2D eigenvalue weighted by molar-refractivity contribution is -0.135. The highest BCUT2D eigenvalue weighted by Crippen LogP contribution is 2.45. The molecular weight excluding hydrogens is 431 g/mol. The Bertz CT molecular complexity index is 1180. The molecule has 3 aliphatic rings. The van der Waals surface area contributed by atoms with Crippen molar-refractivity contribution >= 4 is 28.5 Å². The monoisotopic (exact) mass is 458 g/mol. The number of amides is 1. The van der Waals surface area contributed by atoms with Crippen molar-refractivity contribution < 1.29 is 23.8 Å². The molecule has 1 amide bonds. The van der Waals surface area contributed by atoms with Gasteiger partial charge < -0.3 is 29.9 Å². The van der Waals surface area contributed by atoms with Gasteiger partial charge in [0.1, 0.15) is 17.8 Å². The van der Waals surface area contributed by atoms with Gasteiger partial charge in [0.05, 0.1) is 18.0 Å². The van der Waals surface area contributed by atoms with E-state index in [2.05, 4.69) is 10.6 Å². The first kappa shape index (κ1) is 21.7. The van der Waals surface area contributed by atoms with Crippen molar-refractivity contribution in [3.63, 3.8) is 0 Å². The van der Waals surface area contributed by atoms with E-state index in [0.29, 0.717) is 42.0 Å². The van der Waals surface area contributed by atoms with Gasteiger partial charge >= 0.3 is 5.97 Å². The van der Waals surface area contributed by atoms with Gasteiger partial charge in [0.2, 0.25) is 5.43 Å². The third kappa shape index (κ3) is 3.82. The van der Waals surface area contributed by atoms with Crippen LogP contribution in [0.25, 0.3) is 10.9 Å². The highest BCUT2D eigenvalue weighted by Gasteiger charge is 2.38. The van der Waals surface area contributed by atoms with E-state index in [4.69, 9.17) is 9.84 Å². The van der Waals surface area contributed by atoms with Gasteiger partial charge in [-0.25, -0.2) is 4.39 Å². The topological polar surface area (TPSA) is 113 Å². The molecule has 0 radical (unpaired) electrons. The summed E-state index contributed by atoms with van der Waals surface area (Å²) < 4.78 is 23.1. The molecule has 3 heterocycles. The summed E-state index contributed by atoms with van der Waals surface area (Å²) in [7, 11) is 1.47. The zero-order valence-corrected chi connectivity index (χ0v) is 18.4. The van der Waals surface area contributed by atoms with Crippen LogP contribution in [0.3, 0.4) is 0 Å². The lowest BCUT2D eigenvalue weighted by Crippen LogP contribution is -2.40. The molecule has 176 valence electrons. The average molecular weight is 458 g/mol. The van der Waals surface area contributed by atoms with Crippen LogP contribution in [0, 0.1) is 11.7 Å². The Morgan fingerprint density at radius 2 is 2.09 bits per heavy atom. The van der Waals surface area contributed by atoms with Gasteiger partial charge in [0.15, 0.2) is 11.6 Å². The zero-order chi connectivity index (χ0) is 23.3. The molecule has 3 fully saturated rings. The molecular formula is C23H27FN4O5. The Morgan fingerprint density at radius 3 is 2.76 bits per heavy atom. The fourth-order valence-corrected chi connectivity index (χ4v) is 5.21. The number of nitrogens with zero attached hydrogens (tertiary/aromatic N) is 2. The number of anilines is 1. The number of carboxylic acids is 1. The van der Waals surface area contributed by atoms with Crippen LogP contribution < -0.4 is 25.7 Å². The number of benzene rings is 1.